The van der Waals surface area contributed by atoms with Crippen molar-refractivity contribution in [2.45, 2.75) is 180 Å². The normalized spacial score (nSPS) is 25.3. The Bertz CT molecular complexity index is 1630. The molecular formula is C51H81N3O10. The number of nitrogens with zero attached hydrogens (tertiary/aromatic N) is 2. The first kappa shape index (κ1) is 51.3. The fourth-order valence-electron chi connectivity index (χ4n) is 10.4. The van der Waals surface area contributed by atoms with Gasteiger partial charge in [0.2, 0.25) is 12.1 Å². The third-order valence-electron chi connectivity index (χ3n) is 13.4. The first-order valence-corrected chi connectivity index (χ1v) is 25.1. The molecule has 1 aromatic carbocycles. The highest BCUT2D eigenvalue weighted by molar-refractivity contribution is 6.03. The first-order chi connectivity index (χ1) is 31.3. The highest BCUT2D eigenvalue weighted by Crippen LogP contribution is 2.62. The molecule has 64 heavy (non-hydrogen) atoms. The number of fused-ring (bicyclic) bond motifs is 2. The lowest BCUT2D eigenvalue weighted by molar-refractivity contribution is -0.255. The number of aliphatic hydroxyl groups is 2. The van der Waals surface area contributed by atoms with Gasteiger partial charge in [-0.1, -0.05) is 102 Å². The van der Waals surface area contributed by atoms with Gasteiger partial charge in [0.25, 0.3) is 0 Å². The number of unbranched alkanes of at least 4 members (excludes halogenated alkanes) is 11. The number of hydrogen-bond acceptors (Lipinski definition) is 11. The summed E-state index contributed by atoms with van der Waals surface area (Å²) >= 11 is 0. The summed E-state index contributed by atoms with van der Waals surface area (Å²) in [6.07, 6.45) is 22.6. The summed E-state index contributed by atoms with van der Waals surface area (Å²) in [6.45, 7) is 12.3. The zero-order chi connectivity index (χ0) is 45.6. The van der Waals surface area contributed by atoms with Gasteiger partial charge in [0, 0.05) is 50.6 Å². The second kappa shape index (κ2) is 27.7. The minimum Gasteiger partial charge on any atom is -0.459 e. The molecule has 2 fully saturated rings. The number of carbonyl (C=O) groups is 2. The molecule has 1 saturated carbocycles. The van der Waals surface area contributed by atoms with Crippen LogP contribution in [0.3, 0.4) is 0 Å². The molecule has 0 radical (unpaired) electrons. The number of rotatable bonds is 29. The first-order valence-electron chi connectivity index (χ1n) is 25.1. The second-order valence-electron chi connectivity index (χ2n) is 18.1. The van der Waals surface area contributed by atoms with Gasteiger partial charge in [-0.3, -0.25) is 4.90 Å². The second-order valence-corrected chi connectivity index (χ2v) is 18.1. The predicted octanol–water partition coefficient (Wildman–Crippen LogP) is 10.7. The number of allylic oxidation sites excluding steroid dienone is 1. The van der Waals surface area contributed by atoms with Gasteiger partial charge in [-0.15, -0.1) is 6.58 Å². The van der Waals surface area contributed by atoms with Crippen molar-refractivity contribution in [2.75, 3.05) is 46.1 Å². The maximum Gasteiger partial charge on any atom is 0.412 e. The Morgan fingerprint density at radius 3 is 2.34 bits per heavy atom. The van der Waals surface area contributed by atoms with E-state index in [1.165, 1.54) is 44.9 Å². The number of amides is 2. The van der Waals surface area contributed by atoms with Crippen LogP contribution >= 0.6 is 0 Å². The van der Waals surface area contributed by atoms with Crippen LogP contribution < -0.4 is 14.8 Å². The topological polar surface area (TPSA) is 158 Å². The monoisotopic (exact) mass is 896 g/mol. The van der Waals surface area contributed by atoms with E-state index in [4.69, 9.17) is 33.7 Å². The lowest BCUT2D eigenvalue weighted by Crippen LogP contribution is -2.70. The maximum atomic E-state index is 14.6. The molecular weight excluding hydrogens is 815 g/mol. The molecule has 3 N–H and O–H groups in total. The van der Waals surface area contributed by atoms with Crippen LogP contribution in [0.15, 0.2) is 47.7 Å². The summed E-state index contributed by atoms with van der Waals surface area (Å²) < 4.78 is 32.3. The molecule has 2 heterocycles. The Labute approximate surface area is 383 Å². The van der Waals surface area contributed by atoms with Crippen molar-refractivity contribution in [3.63, 3.8) is 0 Å². The van der Waals surface area contributed by atoms with E-state index in [0.717, 1.165) is 75.3 Å². The summed E-state index contributed by atoms with van der Waals surface area (Å²) in [7, 11) is 0. The largest absolute Gasteiger partial charge is 0.459 e. The lowest BCUT2D eigenvalue weighted by Gasteiger charge is -2.59. The predicted molar refractivity (Wildman–Crippen MR) is 250 cm³/mol. The number of aliphatic hydroxyl groups excluding tert-OH is 2. The van der Waals surface area contributed by atoms with E-state index in [2.05, 4.69) is 31.8 Å². The van der Waals surface area contributed by atoms with E-state index >= 15 is 0 Å². The van der Waals surface area contributed by atoms with Crippen LogP contribution in [0.1, 0.15) is 167 Å². The van der Waals surface area contributed by atoms with E-state index in [0.29, 0.717) is 62.8 Å². The smallest absolute Gasteiger partial charge is 0.412 e. The summed E-state index contributed by atoms with van der Waals surface area (Å²) in [5.41, 5.74) is 2.52. The van der Waals surface area contributed by atoms with Crippen LogP contribution in [0.25, 0.3) is 0 Å². The molecule has 0 spiro atoms. The third kappa shape index (κ3) is 13.9. The van der Waals surface area contributed by atoms with Gasteiger partial charge in [-0.2, -0.15) is 0 Å². The molecule has 360 valence electrons. The van der Waals surface area contributed by atoms with Gasteiger partial charge in [0.15, 0.2) is 0 Å². The summed E-state index contributed by atoms with van der Waals surface area (Å²) in [5, 5.41) is 27.5. The average Bonchev–Trinajstić information content (AvgIpc) is 3.30. The van der Waals surface area contributed by atoms with Gasteiger partial charge >= 0.3 is 12.2 Å². The fraction of sp³-hybridized carbons (Fsp3) is 0.745. The van der Waals surface area contributed by atoms with Crippen molar-refractivity contribution in [2.24, 2.45) is 22.9 Å². The minimum absolute atomic E-state index is 0.0265. The van der Waals surface area contributed by atoms with Crippen LogP contribution in [-0.2, 0) is 19.0 Å². The number of hydrogen-bond donors (Lipinski definition) is 3. The van der Waals surface area contributed by atoms with Crippen molar-refractivity contribution >= 4 is 17.9 Å². The van der Waals surface area contributed by atoms with Crippen molar-refractivity contribution in [3.8, 4) is 11.5 Å². The summed E-state index contributed by atoms with van der Waals surface area (Å²) in [4.78, 5) is 35.4. The van der Waals surface area contributed by atoms with E-state index < -0.39 is 36.2 Å². The van der Waals surface area contributed by atoms with Gasteiger partial charge < -0.3 is 44.1 Å². The van der Waals surface area contributed by atoms with E-state index in [9.17, 15) is 19.8 Å². The molecule has 1 saturated heterocycles. The fourth-order valence-corrected chi connectivity index (χ4v) is 10.4. The molecule has 0 aromatic heterocycles. The van der Waals surface area contributed by atoms with Crippen LogP contribution in [-0.4, -0.2) is 97.3 Å². The number of nitrogens with one attached hydrogen (secondary N) is 1. The Morgan fingerprint density at radius 1 is 0.938 bits per heavy atom. The molecule has 1 unspecified atom stereocenters. The molecule has 7 atom stereocenters. The Balaban J connectivity index is 1.58. The molecule has 0 bridgehead atoms. The molecule has 13 heteroatoms. The summed E-state index contributed by atoms with van der Waals surface area (Å²) in [5.74, 6) is -1.09. The standard InChI is InChI=1S/C51H81N3O10/c1-5-9-10-11-12-13-14-15-16-22-34-60-50(58)54(29-6-2)45-37-43(53-64-46-26-19-23-33-59-46)41-35-38(24-17-20-30-55)40(25-18-21-31-56)47-42-36-39(62-49(57)52-8-4)27-28-44(42)63-51(45,48(41)47)61-32-7-3/h7,27-28,35-36,38,40,45-48,55-56H,3,5-6,8-26,29-34,37H2,1-2,4H3,(H,52,57)/t38-,40+,45-,46?,47+,48+,51+/m0/s1. The third-order valence-corrected chi connectivity index (χ3v) is 13.4. The van der Waals surface area contributed by atoms with Crippen LogP contribution in [0.5, 0.6) is 11.5 Å². The SMILES string of the molecule is C=CCO[C@@]12Oc3ccc(OC(=O)NCC)cc3[C@H]3[C@H](CCCCO)[C@@H](CCCCO)C=C(C(=NOC4CCCCO4)C[C@@H]1N(CCC)C(=O)OCCCCCCCCCCCC)[C@H]32. The number of carbonyl (C=O) groups excluding carboxylic acids is 2. The molecule has 5 rings (SSSR count). The number of oxime groups is 1. The molecule has 13 nitrogen and oxygen atoms in total. The lowest BCUT2D eigenvalue weighted by atomic mass is 9.55. The Hall–Kier alpha value is -3.65. The van der Waals surface area contributed by atoms with E-state index in [1.807, 2.05) is 19.1 Å². The van der Waals surface area contributed by atoms with Gasteiger partial charge in [0.05, 0.1) is 31.5 Å². The molecule has 4 aliphatic rings. The van der Waals surface area contributed by atoms with Crippen LogP contribution in [0.4, 0.5) is 9.59 Å². The summed E-state index contributed by atoms with van der Waals surface area (Å²) in [6, 6.07) is 4.81. The molecule has 2 amide bonds. The molecule has 2 aliphatic carbocycles. The average molecular weight is 896 g/mol. The minimum atomic E-state index is -1.41. The van der Waals surface area contributed by atoms with Gasteiger partial charge in [0.1, 0.15) is 17.5 Å². The van der Waals surface area contributed by atoms with Crippen molar-refractivity contribution in [3.05, 3.63) is 48.1 Å². The van der Waals surface area contributed by atoms with Crippen molar-refractivity contribution in [1.29, 1.82) is 0 Å². The highest BCUT2D eigenvalue weighted by Gasteiger charge is 2.65. The van der Waals surface area contributed by atoms with E-state index in [1.54, 1.807) is 17.0 Å². The van der Waals surface area contributed by atoms with E-state index in [-0.39, 0.29) is 44.0 Å². The number of ether oxygens (including phenoxy) is 5. The Kier molecular flexibility index (Phi) is 22.3. The van der Waals surface area contributed by atoms with Crippen molar-refractivity contribution in [1.82, 2.24) is 10.2 Å². The van der Waals surface area contributed by atoms with Crippen LogP contribution in [0, 0.1) is 17.8 Å². The zero-order valence-electron chi connectivity index (χ0n) is 39.4. The zero-order valence-corrected chi connectivity index (χ0v) is 39.4. The maximum absolute atomic E-state index is 14.6. The number of benzene rings is 1. The van der Waals surface area contributed by atoms with Crippen LogP contribution in [0.2, 0.25) is 0 Å². The molecule has 2 aliphatic heterocycles. The van der Waals surface area contributed by atoms with Crippen molar-refractivity contribution < 1.29 is 48.3 Å². The Morgan fingerprint density at radius 2 is 1.67 bits per heavy atom. The van der Waals surface area contributed by atoms with Gasteiger partial charge in [-0.05, 0) is 93.9 Å². The van der Waals surface area contributed by atoms with Gasteiger partial charge in [-0.25, -0.2) is 9.59 Å². The quantitative estimate of drug-likeness (QED) is 0.0402. The highest BCUT2D eigenvalue weighted by atomic mass is 16.8. The molecule has 1 aromatic rings.